The van der Waals surface area contributed by atoms with Gasteiger partial charge < -0.3 is 24.6 Å². The predicted molar refractivity (Wildman–Crippen MR) is 139 cm³/mol. The lowest BCUT2D eigenvalue weighted by molar-refractivity contribution is -0.378. The number of aromatic nitrogens is 1. The maximum Gasteiger partial charge on any atom is 0.295 e. The lowest BCUT2D eigenvalue weighted by Gasteiger charge is -2.28. The number of hydrogen-bond donors (Lipinski definition) is 1. The molecule has 8 nitrogen and oxygen atoms in total. The van der Waals surface area contributed by atoms with Crippen LogP contribution in [0, 0.1) is 6.92 Å². The third kappa shape index (κ3) is 5.49. The number of carbonyl (C=O) groups excluding carboxylic acids is 2. The Bertz CT molecular complexity index is 1350. The van der Waals surface area contributed by atoms with Gasteiger partial charge in [0, 0.05) is 17.2 Å². The quantitative estimate of drug-likeness (QED) is 0.191. The molecule has 1 atom stereocenters. The molecule has 2 heterocycles. The van der Waals surface area contributed by atoms with Gasteiger partial charge in [0.15, 0.2) is 23.9 Å². The van der Waals surface area contributed by atoms with Crippen LogP contribution in [-0.4, -0.2) is 34.9 Å². The number of aryl methyl sites for hydroxylation is 1. The van der Waals surface area contributed by atoms with Gasteiger partial charge in [-0.2, -0.15) is 0 Å². The number of Topliss-reactive ketones (excluding diaryl/α,β-unsaturated/α-hetero) is 1. The van der Waals surface area contributed by atoms with Crippen LogP contribution in [0.4, 0.5) is 0 Å². The van der Waals surface area contributed by atoms with Crippen LogP contribution in [0.25, 0.3) is 5.76 Å². The minimum absolute atomic E-state index is 0.0714. The summed E-state index contributed by atoms with van der Waals surface area (Å²) in [5, 5.41) is 24.1. The molecule has 4 rings (SSSR count). The Morgan fingerprint density at radius 1 is 1.11 bits per heavy atom. The van der Waals surface area contributed by atoms with Gasteiger partial charge in [-0.25, -0.2) is 4.98 Å². The minimum Gasteiger partial charge on any atom is -0.872 e. The molecule has 2 aromatic carbocycles. The summed E-state index contributed by atoms with van der Waals surface area (Å²) >= 11 is 0. The largest absolute Gasteiger partial charge is 0.872 e. The summed E-state index contributed by atoms with van der Waals surface area (Å²) in [5.41, 5.74) is 2.10. The van der Waals surface area contributed by atoms with Gasteiger partial charge in [0.2, 0.25) is 5.78 Å². The number of unbranched alkanes of at least 4 members (excludes halogenated alkanes) is 1. The van der Waals surface area contributed by atoms with Crippen molar-refractivity contribution in [3.8, 4) is 17.2 Å². The Morgan fingerprint density at radius 2 is 1.92 bits per heavy atom. The van der Waals surface area contributed by atoms with Crippen molar-refractivity contribution in [2.75, 3.05) is 13.2 Å². The highest BCUT2D eigenvalue weighted by atomic mass is 16.5. The number of ether oxygens (including phenoxy) is 2. The van der Waals surface area contributed by atoms with Crippen molar-refractivity contribution >= 4 is 17.4 Å². The highest BCUT2D eigenvalue weighted by Crippen LogP contribution is 2.42. The molecule has 0 bridgehead atoms. The Labute approximate surface area is 222 Å². The van der Waals surface area contributed by atoms with Crippen LogP contribution in [0.3, 0.4) is 0 Å². The van der Waals surface area contributed by atoms with Gasteiger partial charge in [-0.3, -0.25) is 9.59 Å². The summed E-state index contributed by atoms with van der Waals surface area (Å²) in [7, 11) is 0. The molecule has 1 unspecified atom stereocenters. The molecule has 1 amide bonds. The first-order valence-corrected chi connectivity index (χ1v) is 12.8. The van der Waals surface area contributed by atoms with Crippen LogP contribution >= 0.6 is 0 Å². The first-order chi connectivity index (χ1) is 18.3. The number of phenolic OH excluding ortho intramolecular Hbond substituents is 1. The van der Waals surface area contributed by atoms with E-state index in [1.165, 1.54) is 11.0 Å². The van der Waals surface area contributed by atoms with E-state index in [0.29, 0.717) is 35.7 Å². The summed E-state index contributed by atoms with van der Waals surface area (Å²) in [6, 6.07) is 12.4. The van der Waals surface area contributed by atoms with Gasteiger partial charge in [-0.1, -0.05) is 31.2 Å². The van der Waals surface area contributed by atoms with Crippen LogP contribution in [0.2, 0.25) is 0 Å². The number of likely N-dealkylation sites (tertiary alicyclic amines) is 1. The van der Waals surface area contributed by atoms with E-state index in [2.05, 4.69) is 11.9 Å². The van der Waals surface area contributed by atoms with Gasteiger partial charge in [0.25, 0.3) is 5.91 Å². The van der Waals surface area contributed by atoms with Gasteiger partial charge in [-0.05, 0) is 67.3 Å². The number of benzene rings is 2. The van der Waals surface area contributed by atoms with E-state index in [1.54, 1.807) is 62.6 Å². The number of amides is 1. The van der Waals surface area contributed by atoms with Crippen molar-refractivity contribution in [1.29, 1.82) is 0 Å². The summed E-state index contributed by atoms with van der Waals surface area (Å²) in [6.07, 6.45) is 5.40. The van der Waals surface area contributed by atoms with Crippen molar-refractivity contribution in [3.05, 3.63) is 88.8 Å². The number of aromatic hydroxyl groups is 1. The molecule has 0 aliphatic carbocycles. The van der Waals surface area contributed by atoms with Crippen molar-refractivity contribution < 1.29 is 34.3 Å². The van der Waals surface area contributed by atoms with Crippen LogP contribution < -0.4 is 19.6 Å². The minimum atomic E-state index is -0.956. The number of nitrogens with zero attached hydrogens (tertiary/aromatic N) is 1. The number of H-pyrrole nitrogens is 1. The van der Waals surface area contributed by atoms with E-state index in [9.17, 15) is 19.8 Å². The molecule has 1 saturated heterocycles. The Morgan fingerprint density at radius 3 is 2.61 bits per heavy atom. The summed E-state index contributed by atoms with van der Waals surface area (Å²) in [4.78, 5) is 31.0. The van der Waals surface area contributed by atoms with Crippen molar-refractivity contribution in [2.24, 2.45) is 0 Å². The smallest absolute Gasteiger partial charge is 0.295 e. The first-order valence-electron chi connectivity index (χ1n) is 12.8. The predicted octanol–water partition coefficient (Wildman–Crippen LogP) is 3.52. The highest BCUT2D eigenvalue weighted by molar-refractivity contribution is 6.46. The number of carbonyl (C=O) groups is 2. The lowest BCUT2D eigenvalue weighted by atomic mass is 9.93. The molecule has 0 spiro atoms. The molecule has 1 aliphatic heterocycles. The second-order valence-corrected chi connectivity index (χ2v) is 9.16. The van der Waals surface area contributed by atoms with Crippen molar-refractivity contribution in [2.45, 2.75) is 46.2 Å². The van der Waals surface area contributed by atoms with Crippen molar-refractivity contribution in [1.82, 2.24) is 4.90 Å². The molecule has 2 N–H and O–H groups in total. The number of pyridine rings is 1. The molecule has 1 aliphatic rings. The number of nitrogens with one attached hydrogen (secondary N) is 1. The van der Waals surface area contributed by atoms with E-state index in [0.717, 1.165) is 18.4 Å². The molecule has 1 fully saturated rings. The van der Waals surface area contributed by atoms with Gasteiger partial charge in [0.1, 0.15) is 5.75 Å². The zero-order chi connectivity index (χ0) is 27.2. The standard InChI is InChI=1S/C30H32N2O6/c1-4-6-14-38-22-10-11-23(19(3)15-22)28(34)26-27(21-9-12-24(33)25(16-21)37-5-2)32(30(36)29(26)35)18-20-8-7-13-31-17-20/h7-13,15-17,27,33-34H,4-6,14,18H2,1-3H3. The average Bonchev–Trinajstić information content (AvgIpc) is 3.15. The Hall–Kier alpha value is -4.33. The summed E-state index contributed by atoms with van der Waals surface area (Å²) < 4.78 is 11.3. The van der Waals surface area contributed by atoms with E-state index in [1.807, 2.05) is 6.07 Å². The fourth-order valence-corrected chi connectivity index (χ4v) is 4.54. The second kappa shape index (κ2) is 11.8. The van der Waals surface area contributed by atoms with Gasteiger partial charge in [0.05, 0.1) is 25.8 Å². The van der Waals surface area contributed by atoms with Gasteiger partial charge in [-0.15, -0.1) is 0 Å². The molecule has 1 aromatic heterocycles. The van der Waals surface area contributed by atoms with E-state index < -0.39 is 23.5 Å². The van der Waals surface area contributed by atoms with Crippen LogP contribution in [0.15, 0.2) is 66.5 Å². The number of rotatable bonds is 10. The lowest BCUT2D eigenvalue weighted by Crippen LogP contribution is -2.29. The second-order valence-electron chi connectivity index (χ2n) is 9.16. The number of phenols is 1. The van der Waals surface area contributed by atoms with E-state index >= 15 is 0 Å². The summed E-state index contributed by atoms with van der Waals surface area (Å²) in [6.45, 7) is 6.63. The normalized spacial score (nSPS) is 16.6. The SMILES string of the molecule is CCCCOc1ccc(C([O-])=C2C(=O)C(=O)N(Cc3ccc[nH+]c3)C2c2ccc(O)c(OCC)c2)c(C)c1. The number of aromatic amines is 1. The maximum atomic E-state index is 13.9. The van der Waals surface area contributed by atoms with E-state index in [-0.39, 0.29) is 23.6 Å². The monoisotopic (exact) mass is 516 g/mol. The fraction of sp³-hybridized carbons (Fsp3) is 0.300. The maximum absolute atomic E-state index is 13.9. The molecule has 0 saturated carbocycles. The molecule has 8 heteroatoms. The van der Waals surface area contributed by atoms with Crippen molar-refractivity contribution in [3.63, 3.8) is 0 Å². The zero-order valence-electron chi connectivity index (χ0n) is 21.8. The Kier molecular flexibility index (Phi) is 8.31. The summed E-state index contributed by atoms with van der Waals surface area (Å²) in [5.74, 6) is -1.33. The number of ketones is 1. The molecular formula is C30H32N2O6. The molecule has 198 valence electrons. The average molecular weight is 517 g/mol. The zero-order valence-corrected chi connectivity index (χ0v) is 21.8. The van der Waals surface area contributed by atoms with Crippen LogP contribution in [-0.2, 0) is 16.1 Å². The molecule has 38 heavy (non-hydrogen) atoms. The topological polar surface area (TPSA) is 113 Å². The first kappa shape index (κ1) is 26.7. The number of hydrogen-bond acceptors (Lipinski definition) is 6. The molecule has 3 aromatic rings. The van der Waals surface area contributed by atoms with Crippen LogP contribution in [0.1, 0.15) is 55.0 Å². The molecular weight excluding hydrogens is 484 g/mol. The Balaban J connectivity index is 1.82. The van der Waals surface area contributed by atoms with Gasteiger partial charge >= 0.3 is 0 Å². The highest BCUT2D eigenvalue weighted by Gasteiger charge is 2.44. The fourth-order valence-electron chi connectivity index (χ4n) is 4.54. The van der Waals surface area contributed by atoms with E-state index in [4.69, 9.17) is 9.47 Å². The third-order valence-corrected chi connectivity index (χ3v) is 6.46. The molecule has 0 radical (unpaired) electrons. The van der Waals surface area contributed by atoms with Crippen LogP contribution in [0.5, 0.6) is 17.2 Å². The third-order valence-electron chi connectivity index (χ3n) is 6.46.